The standard InChI is InChI=1S/C10H12N4O2/c1-14(5-3-4-11)9-7-12-8(6-13-9)10(15)16-2/h6-7H,3,5H2,1-2H3. The zero-order valence-electron chi connectivity index (χ0n) is 9.17. The molecular formula is C10H12N4O2. The van der Waals surface area contributed by atoms with Crippen LogP contribution in [-0.2, 0) is 4.74 Å². The Balaban J connectivity index is 2.71. The van der Waals surface area contributed by atoms with Crippen LogP contribution in [0.25, 0.3) is 0 Å². The second-order valence-corrected chi connectivity index (χ2v) is 3.08. The van der Waals surface area contributed by atoms with Gasteiger partial charge < -0.3 is 9.64 Å². The Labute approximate surface area is 93.5 Å². The number of nitrogens with zero attached hydrogens (tertiary/aromatic N) is 4. The quantitative estimate of drug-likeness (QED) is 0.692. The zero-order valence-corrected chi connectivity index (χ0v) is 9.17. The maximum Gasteiger partial charge on any atom is 0.358 e. The molecular weight excluding hydrogens is 208 g/mol. The summed E-state index contributed by atoms with van der Waals surface area (Å²) < 4.78 is 4.50. The molecule has 6 nitrogen and oxygen atoms in total. The highest BCUT2D eigenvalue weighted by molar-refractivity contribution is 5.86. The van der Waals surface area contributed by atoms with E-state index in [0.29, 0.717) is 18.8 Å². The number of carbonyl (C=O) groups excluding carboxylic acids is 1. The third kappa shape index (κ3) is 2.92. The minimum absolute atomic E-state index is 0.167. The Morgan fingerprint density at radius 3 is 2.81 bits per heavy atom. The molecule has 1 aromatic rings. The van der Waals surface area contributed by atoms with Gasteiger partial charge in [-0.05, 0) is 0 Å². The number of carbonyl (C=O) groups is 1. The predicted molar refractivity (Wildman–Crippen MR) is 56.9 cm³/mol. The van der Waals surface area contributed by atoms with Crippen molar-refractivity contribution >= 4 is 11.8 Å². The van der Waals surface area contributed by atoms with Crippen molar-refractivity contribution in [2.75, 3.05) is 25.6 Å². The SMILES string of the molecule is COC(=O)c1cnc(N(C)CCC#N)cn1. The van der Waals surface area contributed by atoms with E-state index in [1.807, 2.05) is 6.07 Å². The third-order valence-electron chi connectivity index (χ3n) is 1.98. The third-order valence-corrected chi connectivity index (χ3v) is 1.98. The first-order chi connectivity index (χ1) is 7.69. The van der Waals surface area contributed by atoms with Crippen LogP contribution in [0.5, 0.6) is 0 Å². The lowest BCUT2D eigenvalue weighted by Crippen LogP contribution is -2.20. The van der Waals surface area contributed by atoms with Gasteiger partial charge in [0.25, 0.3) is 0 Å². The van der Waals surface area contributed by atoms with Gasteiger partial charge in [0.2, 0.25) is 0 Å². The lowest BCUT2D eigenvalue weighted by atomic mass is 10.4. The van der Waals surface area contributed by atoms with Crippen LogP contribution < -0.4 is 4.90 Å². The fraction of sp³-hybridized carbons (Fsp3) is 0.400. The van der Waals surface area contributed by atoms with E-state index >= 15 is 0 Å². The Morgan fingerprint density at radius 1 is 1.56 bits per heavy atom. The number of ether oxygens (including phenoxy) is 1. The van der Waals surface area contributed by atoms with E-state index in [9.17, 15) is 4.79 Å². The minimum Gasteiger partial charge on any atom is -0.464 e. The number of aromatic nitrogens is 2. The van der Waals surface area contributed by atoms with E-state index in [4.69, 9.17) is 5.26 Å². The van der Waals surface area contributed by atoms with E-state index in [1.165, 1.54) is 19.5 Å². The molecule has 0 fully saturated rings. The molecule has 0 radical (unpaired) electrons. The monoisotopic (exact) mass is 220 g/mol. The summed E-state index contributed by atoms with van der Waals surface area (Å²) in [4.78, 5) is 20.8. The highest BCUT2D eigenvalue weighted by Gasteiger charge is 2.08. The number of hydrogen-bond donors (Lipinski definition) is 0. The van der Waals surface area contributed by atoms with Gasteiger partial charge in [0.1, 0.15) is 5.82 Å². The Bertz CT molecular complexity index is 396. The molecule has 0 N–H and O–H groups in total. The first kappa shape index (κ1) is 11.9. The van der Waals surface area contributed by atoms with Gasteiger partial charge >= 0.3 is 5.97 Å². The van der Waals surface area contributed by atoms with Crippen LogP contribution in [0.1, 0.15) is 16.9 Å². The molecule has 1 aromatic heterocycles. The van der Waals surface area contributed by atoms with Crippen LogP contribution in [-0.4, -0.2) is 36.6 Å². The summed E-state index contributed by atoms with van der Waals surface area (Å²) in [5, 5.41) is 8.44. The van der Waals surface area contributed by atoms with Crippen LogP contribution in [0.15, 0.2) is 12.4 Å². The molecule has 16 heavy (non-hydrogen) atoms. The summed E-state index contributed by atoms with van der Waals surface area (Å²) in [6, 6.07) is 2.04. The fourth-order valence-corrected chi connectivity index (χ4v) is 1.06. The van der Waals surface area contributed by atoms with Crippen molar-refractivity contribution < 1.29 is 9.53 Å². The van der Waals surface area contributed by atoms with Crippen molar-refractivity contribution in [3.63, 3.8) is 0 Å². The van der Waals surface area contributed by atoms with Gasteiger partial charge in [0.15, 0.2) is 5.69 Å². The lowest BCUT2D eigenvalue weighted by Gasteiger charge is -2.15. The number of nitriles is 1. The van der Waals surface area contributed by atoms with Crippen LogP contribution in [0.3, 0.4) is 0 Å². The van der Waals surface area contributed by atoms with Gasteiger partial charge in [-0.15, -0.1) is 0 Å². The number of methoxy groups -OCH3 is 1. The van der Waals surface area contributed by atoms with Gasteiger partial charge in [-0.25, -0.2) is 14.8 Å². The molecule has 0 aliphatic carbocycles. The number of hydrogen-bond acceptors (Lipinski definition) is 6. The van der Waals surface area contributed by atoms with E-state index in [0.717, 1.165) is 0 Å². The smallest absolute Gasteiger partial charge is 0.358 e. The first-order valence-corrected chi connectivity index (χ1v) is 4.67. The Hall–Kier alpha value is -2.16. The fourth-order valence-electron chi connectivity index (χ4n) is 1.06. The number of esters is 1. The highest BCUT2D eigenvalue weighted by Crippen LogP contribution is 2.07. The Morgan fingerprint density at radius 2 is 2.31 bits per heavy atom. The normalized spacial score (nSPS) is 9.31. The molecule has 6 heteroatoms. The molecule has 0 aliphatic heterocycles. The first-order valence-electron chi connectivity index (χ1n) is 4.67. The molecule has 0 unspecified atom stereocenters. The molecule has 1 rings (SSSR count). The second kappa shape index (κ2) is 5.66. The van der Waals surface area contributed by atoms with Gasteiger partial charge in [-0.3, -0.25) is 0 Å². The molecule has 0 saturated heterocycles. The van der Waals surface area contributed by atoms with Crippen molar-refractivity contribution in [2.24, 2.45) is 0 Å². The molecule has 0 amide bonds. The maximum atomic E-state index is 11.1. The number of anilines is 1. The predicted octanol–water partition coefficient (Wildman–Crippen LogP) is 0.613. The topological polar surface area (TPSA) is 79.1 Å². The summed E-state index contributed by atoms with van der Waals surface area (Å²) in [5.41, 5.74) is 0.167. The largest absolute Gasteiger partial charge is 0.464 e. The summed E-state index contributed by atoms with van der Waals surface area (Å²) >= 11 is 0. The van der Waals surface area contributed by atoms with Gasteiger partial charge in [0.05, 0.1) is 32.0 Å². The van der Waals surface area contributed by atoms with Gasteiger partial charge in [-0.2, -0.15) is 5.26 Å². The van der Waals surface area contributed by atoms with Crippen molar-refractivity contribution in [1.29, 1.82) is 5.26 Å². The van der Waals surface area contributed by atoms with E-state index in [-0.39, 0.29) is 5.69 Å². The van der Waals surface area contributed by atoms with Crippen LogP contribution in [0.4, 0.5) is 5.82 Å². The van der Waals surface area contributed by atoms with E-state index in [2.05, 4.69) is 14.7 Å². The van der Waals surface area contributed by atoms with Gasteiger partial charge in [0, 0.05) is 13.6 Å². The highest BCUT2D eigenvalue weighted by atomic mass is 16.5. The lowest BCUT2D eigenvalue weighted by molar-refractivity contribution is 0.0593. The van der Waals surface area contributed by atoms with Crippen LogP contribution in [0.2, 0.25) is 0 Å². The summed E-state index contributed by atoms with van der Waals surface area (Å²) in [5.74, 6) is 0.0987. The zero-order chi connectivity index (χ0) is 12.0. The second-order valence-electron chi connectivity index (χ2n) is 3.08. The molecule has 0 bridgehead atoms. The average Bonchev–Trinajstić information content (AvgIpc) is 2.35. The Kier molecular flexibility index (Phi) is 4.21. The van der Waals surface area contributed by atoms with Crippen molar-refractivity contribution in [3.05, 3.63) is 18.1 Å². The molecule has 0 atom stereocenters. The molecule has 0 spiro atoms. The number of rotatable bonds is 4. The maximum absolute atomic E-state index is 11.1. The summed E-state index contributed by atoms with van der Waals surface area (Å²) in [6.45, 7) is 0.572. The molecule has 0 aromatic carbocycles. The van der Waals surface area contributed by atoms with Crippen molar-refractivity contribution in [2.45, 2.75) is 6.42 Å². The average molecular weight is 220 g/mol. The minimum atomic E-state index is -0.515. The summed E-state index contributed by atoms with van der Waals surface area (Å²) in [6.07, 6.45) is 3.24. The van der Waals surface area contributed by atoms with Crippen molar-refractivity contribution in [3.8, 4) is 6.07 Å². The summed E-state index contributed by atoms with van der Waals surface area (Å²) in [7, 11) is 3.09. The van der Waals surface area contributed by atoms with E-state index < -0.39 is 5.97 Å². The molecule has 0 aliphatic rings. The van der Waals surface area contributed by atoms with Gasteiger partial charge in [-0.1, -0.05) is 0 Å². The molecule has 1 heterocycles. The molecule has 0 saturated carbocycles. The van der Waals surface area contributed by atoms with Crippen molar-refractivity contribution in [1.82, 2.24) is 9.97 Å². The van der Waals surface area contributed by atoms with E-state index in [1.54, 1.807) is 11.9 Å². The van der Waals surface area contributed by atoms with Crippen LogP contribution in [0, 0.1) is 11.3 Å². The van der Waals surface area contributed by atoms with Crippen LogP contribution >= 0.6 is 0 Å². The molecule has 84 valence electrons.